The Hall–Kier alpha value is -0.220. The van der Waals surface area contributed by atoms with Crippen molar-refractivity contribution in [1.29, 1.82) is 0 Å². The number of thioether (sulfide) groups is 1. The molecule has 4 heteroatoms. The lowest BCUT2D eigenvalue weighted by Gasteiger charge is -2.29. The number of carbonyl (C=O) groups excluding carboxylic acids is 1. The quantitative estimate of drug-likeness (QED) is 0.811. The number of rotatable bonds is 3. The Kier molecular flexibility index (Phi) is 4.36. The Balaban J connectivity index is 1.80. The van der Waals surface area contributed by atoms with Crippen LogP contribution in [-0.4, -0.2) is 29.0 Å². The van der Waals surface area contributed by atoms with Crippen LogP contribution in [0.3, 0.4) is 0 Å². The number of nitrogens with one attached hydrogen (secondary N) is 1. The minimum Gasteiger partial charge on any atom is -0.354 e. The summed E-state index contributed by atoms with van der Waals surface area (Å²) < 4.78 is 0.258. The van der Waals surface area contributed by atoms with Gasteiger partial charge in [-0.15, -0.1) is 0 Å². The number of hydrogen-bond donors (Lipinski definition) is 2. The van der Waals surface area contributed by atoms with Gasteiger partial charge < -0.3 is 11.1 Å². The third-order valence-corrected chi connectivity index (χ3v) is 5.63. The second kappa shape index (κ2) is 5.61. The van der Waals surface area contributed by atoms with Gasteiger partial charge in [0, 0.05) is 17.3 Å². The molecule has 2 fully saturated rings. The zero-order chi connectivity index (χ0) is 12.3. The normalized spacial score (nSPS) is 38.0. The van der Waals surface area contributed by atoms with Crippen molar-refractivity contribution in [3.63, 3.8) is 0 Å². The first kappa shape index (κ1) is 13.2. The van der Waals surface area contributed by atoms with Crippen LogP contribution in [0, 0.1) is 5.92 Å². The van der Waals surface area contributed by atoms with Gasteiger partial charge in [0.25, 0.3) is 0 Å². The van der Waals surface area contributed by atoms with Crippen LogP contribution < -0.4 is 11.1 Å². The van der Waals surface area contributed by atoms with Crippen molar-refractivity contribution in [3.05, 3.63) is 0 Å². The van der Waals surface area contributed by atoms with E-state index in [4.69, 9.17) is 5.73 Å². The van der Waals surface area contributed by atoms with Gasteiger partial charge in [-0.05, 0) is 38.4 Å². The molecule has 1 saturated carbocycles. The summed E-state index contributed by atoms with van der Waals surface area (Å²) in [5.41, 5.74) is 6.03. The number of hydrogen-bond acceptors (Lipinski definition) is 3. The molecule has 1 saturated heterocycles. The Morgan fingerprint density at radius 1 is 1.41 bits per heavy atom. The number of nitrogens with two attached hydrogens (primary N) is 1. The fourth-order valence-electron chi connectivity index (χ4n) is 2.87. The van der Waals surface area contributed by atoms with Crippen molar-refractivity contribution in [2.75, 3.05) is 12.3 Å². The van der Waals surface area contributed by atoms with Crippen LogP contribution in [0.1, 0.15) is 45.4 Å². The highest BCUT2D eigenvalue weighted by Crippen LogP contribution is 2.37. The van der Waals surface area contributed by atoms with Crippen LogP contribution in [0.2, 0.25) is 0 Å². The minimum absolute atomic E-state index is 0.0544. The van der Waals surface area contributed by atoms with Crippen molar-refractivity contribution >= 4 is 17.7 Å². The van der Waals surface area contributed by atoms with Crippen molar-refractivity contribution in [2.24, 2.45) is 11.7 Å². The summed E-state index contributed by atoms with van der Waals surface area (Å²) in [6, 6.07) is 0.0767. The Labute approximate surface area is 108 Å². The summed E-state index contributed by atoms with van der Waals surface area (Å²) in [5.74, 6) is 1.47. The van der Waals surface area contributed by atoms with Crippen LogP contribution >= 0.6 is 11.8 Å². The van der Waals surface area contributed by atoms with Gasteiger partial charge in [0.2, 0.25) is 5.91 Å². The topological polar surface area (TPSA) is 55.1 Å². The molecule has 3 N–H and O–H groups in total. The number of amides is 1. The van der Waals surface area contributed by atoms with E-state index < -0.39 is 0 Å². The van der Waals surface area contributed by atoms with E-state index in [9.17, 15) is 4.79 Å². The van der Waals surface area contributed by atoms with Gasteiger partial charge in [-0.3, -0.25) is 4.79 Å². The molecule has 2 aliphatic rings. The van der Waals surface area contributed by atoms with Crippen LogP contribution in [0.25, 0.3) is 0 Å². The van der Waals surface area contributed by atoms with Crippen molar-refractivity contribution in [2.45, 2.75) is 56.2 Å². The van der Waals surface area contributed by atoms with Gasteiger partial charge in [0.05, 0.1) is 5.92 Å². The summed E-state index contributed by atoms with van der Waals surface area (Å²) >= 11 is 1.99. The molecule has 0 bridgehead atoms. The predicted molar refractivity (Wildman–Crippen MR) is 73.0 cm³/mol. The first-order chi connectivity index (χ1) is 8.11. The van der Waals surface area contributed by atoms with Gasteiger partial charge in [0.1, 0.15) is 0 Å². The summed E-state index contributed by atoms with van der Waals surface area (Å²) in [5, 5.41) is 3.13. The molecule has 0 aromatic rings. The second-order valence-corrected chi connectivity index (χ2v) is 7.36. The molecular formula is C13H24N2OS. The average Bonchev–Trinajstić information content (AvgIpc) is 2.74. The Morgan fingerprint density at radius 3 is 2.82 bits per heavy atom. The molecule has 1 heterocycles. The molecule has 0 aromatic carbocycles. The van der Waals surface area contributed by atoms with E-state index in [1.807, 2.05) is 11.8 Å². The van der Waals surface area contributed by atoms with Crippen molar-refractivity contribution < 1.29 is 4.79 Å². The largest absolute Gasteiger partial charge is 0.354 e. The fourth-order valence-corrected chi connectivity index (χ4v) is 4.11. The van der Waals surface area contributed by atoms with E-state index >= 15 is 0 Å². The maximum atomic E-state index is 12.1. The third kappa shape index (κ3) is 3.38. The van der Waals surface area contributed by atoms with E-state index in [0.29, 0.717) is 0 Å². The molecule has 0 radical (unpaired) electrons. The standard InChI is InChI=1S/C13H24N2OS/c1-13(7-4-8-17-13)9-15-12(16)10-5-2-3-6-11(10)14/h10-11H,2-9,14H2,1H3,(H,15,16). The van der Waals surface area contributed by atoms with Gasteiger partial charge >= 0.3 is 0 Å². The molecule has 1 amide bonds. The maximum absolute atomic E-state index is 12.1. The van der Waals surface area contributed by atoms with Crippen LogP contribution in [0.4, 0.5) is 0 Å². The molecule has 1 aliphatic carbocycles. The lowest BCUT2D eigenvalue weighted by Crippen LogP contribution is -2.46. The van der Waals surface area contributed by atoms with Crippen LogP contribution in [0.15, 0.2) is 0 Å². The summed E-state index contributed by atoms with van der Waals surface area (Å²) in [6.07, 6.45) is 6.80. The van der Waals surface area contributed by atoms with Gasteiger partial charge in [0.15, 0.2) is 0 Å². The molecule has 3 nitrogen and oxygen atoms in total. The SMILES string of the molecule is CC1(CNC(=O)C2CCCCC2N)CCCS1. The van der Waals surface area contributed by atoms with Crippen molar-refractivity contribution in [1.82, 2.24) is 5.32 Å². The Morgan fingerprint density at radius 2 is 2.18 bits per heavy atom. The van der Waals surface area contributed by atoms with E-state index in [0.717, 1.165) is 25.8 Å². The van der Waals surface area contributed by atoms with Crippen LogP contribution in [0.5, 0.6) is 0 Å². The molecule has 1 aliphatic heterocycles. The molecule has 3 unspecified atom stereocenters. The number of carbonyl (C=O) groups is 1. The van der Waals surface area contributed by atoms with Crippen molar-refractivity contribution in [3.8, 4) is 0 Å². The lowest BCUT2D eigenvalue weighted by molar-refractivity contribution is -0.126. The average molecular weight is 256 g/mol. The first-order valence-electron chi connectivity index (χ1n) is 6.78. The lowest BCUT2D eigenvalue weighted by atomic mass is 9.84. The molecule has 3 atom stereocenters. The summed E-state index contributed by atoms with van der Waals surface area (Å²) in [4.78, 5) is 12.1. The zero-order valence-corrected chi connectivity index (χ0v) is 11.5. The maximum Gasteiger partial charge on any atom is 0.224 e. The van der Waals surface area contributed by atoms with Gasteiger partial charge in [-0.1, -0.05) is 12.8 Å². The second-order valence-electron chi connectivity index (χ2n) is 5.67. The van der Waals surface area contributed by atoms with E-state index in [2.05, 4.69) is 12.2 Å². The van der Waals surface area contributed by atoms with Gasteiger partial charge in [-0.2, -0.15) is 11.8 Å². The molecule has 17 heavy (non-hydrogen) atoms. The predicted octanol–water partition coefficient (Wildman–Crippen LogP) is 1.91. The Bertz CT molecular complexity index is 277. The molecule has 98 valence electrons. The fraction of sp³-hybridized carbons (Fsp3) is 0.923. The van der Waals surface area contributed by atoms with E-state index in [1.165, 1.54) is 25.0 Å². The summed E-state index contributed by atoms with van der Waals surface area (Å²) in [6.45, 7) is 3.06. The van der Waals surface area contributed by atoms with Gasteiger partial charge in [-0.25, -0.2) is 0 Å². The van der Waals surface area contributed by atoms with Crippen LogP contribution in [-0.2, 0) is 4.79 Å². The first-order valence-corrected chi connectivity index (χ1v) is 7.77. The monoisotopic (exact) mass is 256 g/mol. The minimum atomic E-state index is 0.0544. The van der Waals surface area contributed by atoms with E-state index in [1.54, 1.807) is 0 Å². The summed E-state index contributed by atoms with van der Waals surface area (Å²) in [7, 11) is 0. The molecule has 2 rings (SSSR count). The smallest absolute Gasteiger partial charge is 0.224 e. The highest BCUT2D eigenvalue weighted by Gasteiger charge is 2.32. The zero-order valence-electron chi connectivity index (χ0n) is 10.7. The highest BCUT2D eigenvalue weighted by atomic mass is 32.2. The van der Waals surface area contributed by atoms with E-state index in [-0.39, 0.29) is 22.6 Å². The highest BCUT2D eigenvalue weighted by molar-refractivity contribution is 8.00. The molecule has 0 spiro atoms. The molecule has 0 aromatic heterocycles. The third-order valence-electron chi connectivity index (χ3n) is 4.09. The molecular weight excluding hydrogens is 232 g/mol.